The van der Waals surface area contributed by atoms with Gasteiger partial charge in [0, 0.05) is 17.1 Å². The second kappa shape index (κ2) is 5.18. The van der Waals surface area contributed by atoms with Crippen molar-refractivity contribution in [2.45, 2.75) is 13.5 Å². The first kappa shape index (κ1) is 13.0. The Morgan fingerprint density at radius 3 is 3.05 bits per heavy atom. The molecular formula is C13H10N2O3S2. The van der Waals surface area contributed by atoms with Crippen molar-refractivity contribution in [2.24, 2.45) is 0 Å². The summed E-state index contributed by atoms with van der Waals surface area (Å²) in [5.74, 6) is -0.399. The number of carbonyl (C=O) groups is 1. The van der Waals surface area contributed by atoms with Crippen LogP contribution >= 0.6 is 22.7 Å². The summed E-state index contributed by atoms with van der Waals surface area (Å²) in [4.78, 5) is 29.1. The molecule has 0 saturated heterocycles. The van der Waals surface area contributed by atoms with E-state index in [1.807, 2.05) is 17.7 Å². The third-order valence-electron chi connectivity index (χ3n) is 2.70. The lowest BCUT2D eigenvalue weighted by molar-refractivity contribution is 0.0473. The van der Waals surface area contributed by atoms with Crippen molar-refractivity contribution in [2.75, 3.05) is 0 Å². The minimum absolute atomic E-state index is 0.000574. The van der Waals surface area contributed by atoms with Crippen LogP contribution < -0.4 is 5.56 Å². The van der Waals surface area contributed by atoms with Crippen molar-refractivity contribution in [1.82, 2.24) is 9.38 Å². The van der Waals surface area contributed by atoms with Gasteiger partial charge in [-0.2, -0.15) is 0 Å². The normalized spacial score (nSPS) is 10.8. The van der Waals surface area contributed by atoms with E-state index < -0.39 is 5.97 Å². The standard InChI is InChI=1S/C13H10N2O3S2/c1-8-7-20-13-14-9(5-11(16)15(8)13)6-18-12(17)10-3-2-4-19-10/h2-5,7H,6H2,1H3. The van der Waals surface area contributed by atoms with Crippen molar-refractivity contribution in [3.8, 4) is 0 Å². The summed E-state index contributed by atoms with van der Waals surface area (Å²) in [6.45, 7) is 1.85. The number of nitrogens with zero attached hydrogens (tertiary/aromatic N) is 2. The van der Waals surface area contributed by atoms with Crippen LogP contribution in [-0.4, -0.2) is 15.4 Å². The van der Waals surface area contributed by atoms with E-state index in [1.165, 1.54) is 33.1 Å². The van der Waals surface area contributed by atoms with Crippen LogP contribution in [0.4, 0.5) is 0 Å². The van der Waals surface area contributed by atoms with E-state index >= 15 is 0 Å². The van der Waals surface area contributed by atoms with E-state index in [-0.39, 0.29) is 12.2 Å². The highest BCUT2D eigenvalue weighted by molar-refractivity contribution is 7.15. The van der Waals surface area contributed by atoms with E-state index in [0.717, 1.165) is 5.69 Å². The van der Waals surface area contributed by atoms with E-state index in [9.17, 15) is 9.59 Å². The molecule has 3 rings (SSSR count). The van der Waals surface area contributed by atoms with Gasteiger partial charge in [0.2, 0.25) is 0 Å². The molecule has 0 spiro atoms. The summed E-state index contributed by atoms with van der Waals surface area (Å²) in [7, 11) is 0. The topological polar surface area (TPSA) is 60.7 Å². The highest BCUT2D eigenvalue weighted by atomic mass is 32.1. The third kappa shape index (κ3) is 2.37. The van der Waals surface area contributed by atoms with E-state index in [2.05, 4.69) is 4.98 Å². The van der Waals surface area contributed by atoms with Crippen molar-refractivity contribution in [3.05, 3.63) is 55.6 Å². The first-order valence-electron chi connectivity index (χ1n) is 5.82. The summed E-state index contributed by atoms with van der Waals surface area (Å²) in [6, 6.07) is 4.88. The number of carbonyl (C=O) groups excluding carboxylic acids is 1. The molecule has 0 atom stereocenters. The molecule has 20 heavy (non-hydrogen) atoms. The van der Waals surface area contributed by atoms with Crippen LogP contribution in [0, 0.1) is 6.92 Å². The molecule has 0 amide bonds. The predicted molar refractivity (Wildman–Crippen MR) is 77.5 cm³/mol. The quantitative estimate of drug-likeness (QED) is 0.698. The molecule has 0 unspecified atom stereocenters. The zero-order valence-electron chi connectivity index (χ0n) is 10.5. The Balaban J connectivity index is 1.81. The van der Waals surface area contributed by atoms with Gasteiger partial charge < -0.3 is 4.74 Å². The summed E-state index contributed by atoms with van der Waals surface area (Å²) in [5.41, 5.74) is 1.15. The second-order valence-corrected chi connectivity index (χ2v) is 5.92. The smallest absolute Gasteiger partial charge is 0.348 e. The van der Waals surface area contributed by atoms with Crippen molar-refractivity contribution < 1.29 is 9.53 Å². The number of rotatable bonds is 3. The van der Waals surface area contributed by atoms with E-state index in [0.29, 0.717) is 15.5 Å². The molecule has 0 aliphatic heterocycles. The van der Waals surface area contributed by atoms with Crippen molar-refractivity contribution in [1.29, 1.82) is 0 Å². The number of esters is 1. The average Bonchev–Trinajstić information content (AvgIpc) is 3.06. The van der Waals surface area contributed by atoms with Gasteiger partial charge in [0.15, 0.2) is 4.96 Å². The number of fused-ring (bicyclic) bond motifs is 1. The van der Waals surface area contributed by atoms with Crippen LogP contribution in [0.15, 0.2) is 33.8 Å². The summed E-state index contributed by atoms with van der Waals surface area (Å²) in [6.07, 6.45) is 0. The van der Waals surface area contributed by atoms with Crippen LogP contribution in [-0.2, 0) is 11.3 Å². The van der Waals surface area contributed by atoms with Crippen LogP contribution in [0.5, 0.6) is 0 Å². The van der Waals surface area contributed by atoms with Gasteiger partial charge in [-0.15, -0.1) is 22.7 Å². The zero-order chi connectivity index (χ0) is 14.1. The monoisotopic (exact) mass is 306 g/mol. The Labute approximate surface area is 122 Å². The molecule has 0 aromatic carbocycles. The fourth-order valence-corrected chi connectivity index (χ4v) is 3.29. The van der Waals surface area contributed by atoms with Crippen LogP contribution in [0.25, 0.3) is 4.96 Å². The predicted octanol–water partition coefficient (Wildman–Crippen LogP) is 2.48. The van der Waals surface area contributed by atoms with Gasteiger partial charge in [-0.05, 0) is 18.4 Å². The largest absolute Gasteiger partial charge is 0.455 e. The zero-order valence-corrected chi connectivity index (χ0v) is 12.2. The van der Waals surface area contributed by atoms with Crippen LogP contribution in [0.3, 0.4) is 0 Å². The summed E-state index contributed by atoms with van der Waals surface area (Å²) >= 11 is 2.70. The maximum absolute atomic E-state index is 11.9. The van der Waals surface area contributed by atoms with Gasteiger partial charge in [-0.25, -0.2) is 9.78 Å². The average molecular weight is 306 g/mol. The molecule has 0 aliphatic carbocycles. The Kier molecular flexibility index (Phi) is 3.37. The van der Waals surface area contributed by atoms with Gasteiger partial charge in [0.25, 0.3) is 5.56 Å². The maximum atomic E-state index is 11.9. The van der Waals surface area contributed by atoms with Gasteiger partial charge in [0.1, 0.15) is 11.5 Å². The first-order valence-corrected chi connectivity index (χ1v) is 7.58. The molecule has 102 valence electrons. The van der Waals surface area contributed by atoms with Gasteiger partial charge in [-0.3, -0.25) is 9.20 Å². The van der Waals surface area contributed by atoms with Crippen molar-refractivity contribution >= 4 is 33.6 Å². The number of thiophene rings is 1. The lowest BCUT2D eigenvalue weighted by atomic mass is 10.4. The number of aryl methyl sites for hydroxylation is 1. The first-order chi connectivity index (χ1) is 9.65. The maximum Gasteiger partial charge on any atom is 0.348 e. The van der Waals surface area contributed by atoms with E-state index in [1.54, 1.807) is 12.1 Å². The molecule has 0 bridgehead atoms. The third-order valence-corrected chi connectivity index (χ3v) is 4.50. The molecule has 5 nitrogen and oxygen atoms in total. The molecule has 7 heteroatoms. The number of hydrogen-bond donors (Lipinski definition) is 0. The SMILES string of the molecule is Cc1csc2nc(COC(=O)c3cccs3)cc(=O)n12. The van der Waals surface area contributed by atoms with Gasteiger partial charge in [-0.1, -0.05) is 6.07 Å². The highest BCUT2D eigenvalue weighted by Crippen LogP contribution is 2.13. The molecule has 0 saturated carbocycles. The number of ether oxygens (including phenoxy) is 1. The molecule has 3 aromatic rings. The van der Waals surface area contributed by atoms with Crippen molar-refractivity contribution in [3.63, 3.8) is 0 Å². The minimum atomic E-state index is -0.399. The molecule has 0 N–H and O–H groups in total. The Morgan fingerprint density at radius 1 is 1.45 bits per heavy atom. The van der Waals surface area contributed by atoms with Crippen LogP contribution in [0.1, 0.15) is 21.1 Å². The summed E-state index contributed by atoms with van der Waals surface area (Å²) in [5, 5.41) is 3.67. The Bertz CT molecular complexity index is 818. The number of hydrogen-bond acceptors (Lipinski definition) is 6. The van der Waals surface area contributed by atoms with Gasteiger partial charge in [0.05, 0.1) is 5.69 Å². The van der Waals surface area contributed by atoms with Gasteiger partial charge >= 0.3 is 5.97 Å². The van der Waals surface area contributed by atoms with E-state index in [4.69, 9.17) is 4.74 Å². The Hall–Kier alpha value is -1.99. The second-order valence-electron chi connectivity index (χ2n) is 4.13. The van der Waals surface area contributed by atoms with Crippen LogP contribution in [0.2, 0.25) is 0 Å². The number of thiazole rings is 1. The fraction of sp³-hybridized carbons (Fsp3) is 0.154. The summed E-state index contributed by atoms with van der Waals surface area (Å²) < 4.78 is 6.69. The minimum Gasteiger partial charge on any atom is -0.455 e. The Morgan fingerprint density at radius 2 is 2.30 bits per heavy atom. The highest BCUT2D eigenvalue weighted by Gasteiger charge is 2.11. The molecule has 3 aromatic heterocycles. The number of aromatic nitrogens is 2. The molecule has 3 heterocycles. The molecule has 0 fully saturated rings. The molecular weight excluding hydrogens is 296 g/mol. The lowest BCUT2D eigenvalue weighted by Gasteiger charge is -2.03. The molecule has 0 aliphatic rings. The molecule has 0 radical (unpaired) electrons. The fourth-order valence-electron chi connectivity index (χ4n) is 1.78. The lowest BCUT2D eigenvalue weighted by Crippen LogP contribution is -2.16.